The molecule has 1 heterocycles. The molecule has 0 saturated carbocycles. The smallest absolute Gasteiger partial charge is 0.336 e. The molecular weight excluding hydrogens is 424 g/mol. The third kappa shape index (κ3) is 4.17. The van der Waals surface area contributed by atoms with Crippen molar-refractivity contribution in [3.63, 3.8) is 0 Å². The molecular formula is C26H22O7. The first-order valence-corrected chi connectivity index (χ1v) is 10.3. The molecule has 0 spiro atoms. The normalized spacial score (nSPS) is 11.8. The predicted molar refractivity (Wildman–Crippen MR) is 123 cm³/mol. The van der Waals surface area contributed by atoms with Crippen LogP contribution in [0.4, 0.5) is 0 Å². The van der Waals surface area contributed by atoms with Gasteiger partial charge in [0, 0.05) is 23.4 Å². The molecule has 33 heavy (non-hydrogen) atoms. The quantitative estimate of drug-likeness (QED) is 0.235. The second-order valence-electron chi connectivity index (χ2n) is 7.46. The summed E-state index contributed by atoms with van der Waals surface area (Å²) in [6.07, 6.45) is -0.183. The molecule has 7 nitrogen and oxygen atoms in total. The number of ketones is 1. The molecule has 0 fully saturated rings. The van der Waals surface area contributed by atoms with Crippen LogP contribution in [0, 0.1) is 0 Å². The fraction of sp³-hybridized carbons (Fsp3) is 0.192. The van der Waals surface area contributed by atoms with Gasteiger partial charge in [-0.1, -0.05) is 36.4 Å². The standard InChI is InChI=1S/C26H22O7/c1-30-22-11-10-18-19(14-23(28)33-24(18)25(22)31-2)20(26(29)32-3)13-21(27)17-9-8-15-6-4-5-7-16(15)12-17/h4-12,14,20H,13H2,1-3H3/t20-/m0/s1. The summed E-state index contributed by atoms with van der Waals surface area (Å²) in [6, 6.07) is 17.6. The van der Waals surface area contributed by atoms with E-state index in [-0.39, 0.29) is 23.5 Å². The number of carbonyl (C=O) groups excluding carboxylic acids is 2. The Morgan fingerprint density at radius 2 is 1.67 bits per heavy atom. The van der Waals surface area contributed by atoms with Gasteiger partial charge in [-0.15, -0.1) is 0 Å². The van der Waals surface area contributed by atoms with E-state index >= 15 is 0 Å². The molecule has 4 rings (SSSR count). The molecule has 4 aromatic rings. The number of fused-ring (bicyclic) bond motifs is 2. The van der Waals surface area contributed by atoms with Gasteiger partial charge < -0.3 is 18.6 Å². The molecule has 0 aliphatic carbocycles. The minimum absolute atomic E-state index is 0.131. The van der Waals surface area contributed by atoms with Crippen molar-refractivity contribution >= 4 is 33.5 Å². The van der Waals surface area contributed by atoms with Crippen molar-refractivity contribution in [1.82, 2.24) is 0 Å². The Hall–Kier alpha value is -4.13. The van der Waals surface area contributed by atoms with Crippen molar-refractivity contribution in [2.75, 3.05) is 21.3 Å². The van der Waals surface area contributed by atoms with Crippen LogP contribution in [0.5, 0.6) is 11.5 Å². The summed E-state index contributed by atoms with van der Waals surface area (Å²) in [4.78, 5) is 38.3. The lowest BCUT2D eigenvalue weighted by Gasteiger charge is -2.17. The van der Waals surface area contributed by atoms with Gasteiger partial charge in [0.15, 0.2) is 17.1 Å². The Kier molecular flexibility index (Phi) is 6.13. The maximum absolute atomic E-state index is 13.2. The first kappa shape index (κ1) is 22.1. The van der Waals surface area contributed by atoms with Gasteiger partial charge in [-0.2, -0.15) is 0 Å². The van der Waals surface area contributed by atoms with Gasteiger partial charge in [-0.3, -0.25) is 9.59 Å². The molecule has 0 aliphatic heterocycles. The van der Waals surface area contributed by atoms with Gasteiger partial charge in [0.1, 0.15) is 0 Å². The number of esters is 1. The number of hydrogen-bond acceptors (Lipinski definition) is 7. The van der Waals surface area contributed by atoms with Crippen LogP contribution < -0.4 is 15.1 Å². The van der Waals surface area contributed by atoms with E-state index in [2.05, 4.69) is 0 Å². The highest BCUT2D eigenvalue weighted by Gasteiger charge is 2.29. The highest BCUT2D eigenvalue weighted by molar-refractivity contribution is 6.03. The zero-order chi connectivity index (χ0) is 23.5. The monoisotopic (exact) mass is 446 g/mol. The van der Waals surface area contributed by atoms with Crippen molar-refractivity contribution < 1.29 is 28.2 Å². The Balaban J connectivity index is 1.81. The molecule has 0 bridgehead atoms. The van der Waals surface area contributed by atoms with Gasteiger partial charge in [0.05, 0.1) is 27.2 Å². The van der Waals surface area contributed by atoms with Crippen molar-refractivity contribution in [2.45, 2.75) is 12.3 Å². The molecule has 0 saturated heterocycles. The lowest BCUT2D eigenvalue weighted by atomic mass is 9.89. The van der Waals surface area contributed by atoms with E-state index in [1.165, 1.54) is 27.4 Å². The van der Waals surface area contributed by atoms with Crippen LogP contribution in [-0.4, -0.2) is 33.1 Å². The fourth-order valence-corrected chi connectivity index (χ4v) is 3.98. The van der Waals surface area contributed by atoms with E-state index in [0.717, 1.165) is 10.8 Å². The summed E-state index contributed by atoms with van der Waals surface area (Å²) < 4.78 is 21.0. The summed E-state index contributed by atoms with van der Waals surface area (Å²) in [5.74, 6) is -1.31. The summed E-state index contributed by atoms with van der Waals surface area (Å²) in [6.45, 7) is 0. The summed E-state index contributed by atoms with van der Waals surface area (Å²) in [5.41, 5.74) is 0.236. The number of carbonyl (C=O) groups is 2. The van der Waals surface area contributed by atoms with E-state index < -0.39 is 17.5 Å². The van der Waals surface area contributed by atoms with E-state index in [4.69, 9.17) is 18.6 Å². The van der Waals surface area contributed by atoms with Crippen LogP contribution in [0.15, 0.2) is 69.9 Å². The van der Waals surface area contributed by atoms with Crippen LogP contribution >= 0.6 is 0 Å². The molecule has 0 amide bonds. The highest BCUT2D eigenvalue weighted by Crippen LogP contribution is 2.38. The SMILES string of the molecule is COC(=O)[C@@H](CC(=O)c1ccc2ccccc2c1)c1cc(=O)oc2c(OC)c(OC)ccc12. The molecule has 1 aromatic heterocycles. The van der Waals surface area contributed by atoms with Crippen LogP contribution in [0.3, 0.4) is 0 Å². The zero-order valence-corrected chi connectivity index (χ0v) is 18.4. The fourth-order valence-electron chi connectivity index (χ4n) is 3.98. The molecule has 0 N–H and O–H groups in total. The first-order chi connectivity index (χ1) is 16.0. The molecule has 168 valence electrons. The van der Waals surface area contributed by atoms with Crippen LogP contribution in [0.25, 0.3) is 21.7 Å². The van der Waals surface area contributed by atoms with Gasteiger partial charge in [-0.05, 0) is 34.5 Å². The number of methoxy groups -OCH3 is 3. The van der Waals surface area contributed by atoms with Crippen LogP contribution in [0.2, 0.25) is 0 Å². The molecule has 0 aliphatic rings. The molecule has 0 radical (unpaired) electrons. The number of benzene rings is 3. The van der Waals surface area contributed by atoms with Crippen molar-refractivity contribution in [3.8, 4) is 11.5 Å². The third-order valence-corrected chi connectivity index (χ3v) is 5.61. The van der Waals surface area contributed by atoms with Gasteiger partial charge >= 0.3 is 11.6 Å². The van der Waals surface area contributed by atoms with Crippen molar-refractivity contribution in [2.24, 2.45) is 0 Å². The number of rotatable bonds is 7. The predicted octanol–water partition coefficient (Wildman–Crippen LogP) is 4.49. The average molecular weight is 446 g/mol. The van der Waals surface area contributed by atoms with Crippen LogP contribution in [0.1, 0.15) is 28.3 Å². The third-order valence-electron chi connectivity index (χ3n) is 5.61. The van der Waals surface area contributed by atoms with Crippen molar-refractivity contribution in [1.29, 1.82) is 0 Å². The topological polar surface area (TPSA) is 92.0 Å². The van der Waals surface area contributed by atoms with Gasteiger partial charge in [-0.25, -0.2) is 4.79 Å². The van der Waals surface area contributed by atoms with E-state index in [0.29, 0.717) is 22.3 Å². The number of Topliss-reactive ketones (excluding diaryl/α,β-unsaturated/α-hetero) is 1. The largest absolute Gasteiger partial charge is 0.493 e. The molecule has 7 heteroatoms. The molecule has 0 unspecified atom stereocenters. The van der Waals surface area contributed by atoms with E-state index in [1.54, 1.807) is 24.3 Å². The van der Waals surface area contributed by atoms with Gasteiger partial charge in [0.25, 0.3) is 0 Å². The first-order valence-electron chi connectivity index (χ1n) is 10.3. The lowest BCUT2D eigenvalue weighted by molar-refractivity contribution is -0.142. The zero-order valence-electron chi connectivity index (χ0n) is 18.4. The second kappa shape index (κ2) is 9.16. The van der Waals surface area contributed by atoms with E-state index in [1.807, 2.05) is 30.3 Å². The summed E-state index contributed by atoms with van der Waals surface area (Å²) in [7, 11) is 4.13. The summed E-state index contributed by atoms with van der Waals surface area (Å²) in [5, 5.41) is 2.38. The Morgan fingerprint density at radius 3 is 2.36 bits per heavy atom. The Labute approximate surface area is 189 Å². The summed E-state index contributed by atoms with van der Waals surface area (Å²) >= 11 is 0. The lowest BCUT2D eigenvalue weighted by Crippen LogP contribution is -2.20. The Morgan fingerprint density at radius 1 is 0.909 bits per heavy atom. The minimum atomic E-state index is -1.02. The maximum Gasteiger partial charge on any atom is 0.336 e. The highest BCUT2D eigenvalue weighted by atomic mass is 16.5. The average Bonchev–Trinajstić information content (AvgIpc) is 2.85. The minimum Gasteiger partial charge on any atom is -0.493 e. The van der Waals surface area contributed by atoms with Crippen molar-refractivity contribution in [3.05, 3.63) is 82.2 Å². The van der Waals surface area contributed by atoms with Crippen LogP contribution in [-0.2, 0) is 9.53 Å². The Bertz CT molecular complexity index is 1420. The molecule has 1 atom stereocenters. The number of hydrogen-bond donors (Lipinski definition) is 0. The van der Waals surface area contributed by atoms with Gasteiger partial charge in [0.2, 0.25) is 5.75 Å². The maximum atomic E-state index is 13.2. The van der Waals surface area contributed by atoms with E-state index in [9.17, 15) is 14.4 Å². The second-order valence-corrected chi connectivity index (χ2v) is 7.46. The molecule has 3 aromatic carbocycles. The number of ether oxygens (including phenoxy) is 3.